The molecule has 1 heterocycles. The molecule has 3 nitrogen and oxygen atoms in total. The van der Waals surface area contributed by atoms with Crippen LogP contribution in [0.2, 0.25) is 0 Å². The lowest BCUT2D eigenvalue weighted by molar-refractivity contribution is -0.142. The van der Waals surface area contributed by atoms with Gasteiger partial charge in [-0.1, -0.05) is 24.3 Å². The predicted molar refractivity (Wildman–Crippen MR) is 76.1 cm³/mol. The summed E-state index contributed by atoms with van der Waals surface area (Å²) in [6.45, 7) is 3.05. The zero-order valence-electron chi connectivity index (χ0n) is 11.0. The molecule has 2 aromatic carbocycles. The maximum atomic E-state index is 13.7. The molecule has 0 spiro atoms. The van der Waals surface area contributed by atoms with Crippen LogP contribution in [-0.2, 0) is 16.1 Å². The average Bonchev–Trinajstić information content (AvgIpc) is 2.80. The molecular weight excluding hydrogens is 257 g/mol. The first kappa shape index (κ1) is 12.7. The summed E-state index contributed by atoms with van der Waals surface area (Å²) in [6, 6.07) is 13.3. The van der Waals surface area contributed by atoms with Gasteiger partial charge in [0.1, 0.15) is 0 Å². The van der Waals surface area contributed by atoms with Gasteiger partial charge in [-0.15, -0.1) is 0 Å². The van der Waals surface area contributed by atoms with Gasteiger partial charge in [0.05, 0.1) is 0 Å². The number of rotatable bonds is 4. The standard InChI is InChI=1S/C16H14FNO2/c1-2-18-14-6-4-3-5-12(14)13-9-11(7-8-15(13)18)16(17)20-10-19/h3-10,16H,2H2,1H3. The zero-order chi connectivity index (χ0) is 14.1. The van der Waals surface area contributed by atoms with Crippen molar-refractivity contribution in [3.05, 3.63) is 48.0 Å². The molecular formula is C16H14FNO2. The van der Waals surface area contributed by atoms with Crippen molar-refractivity contribution in [3.63, 3.8) is 0 Å². The van der Waals surface area contributed by atoms with Crippen LogP contribution in [0.25, 0.3) is 21.8 Å². The van der Waals surface area contributed by atoms with Crippen LogP contribution >= 0.6 is 0 Å². The highest BCUT2D eigenvalue weighted by Crippen LogP contribution is 2.31. The van der Waals surface area contributed by atoms with E-state index in [-0.39, 0.29) is 6.47 Å². The average molecular weight is 271 g/mol. The van der Waals surface area contributed by atoms with Gasteiger partial charge >= 0.3 is 0 Å². The summed E-state index contributed by atoms with van der Waals surface area (Å²) in [6.07, 6.45) is -1.72. The molecule has 0 saturated carbocycles. The third kappa shape index (κ3) is 1.84. The number of para-hydroxylation sites is 1. The van der Waals surface area contributed by atoms with Crippen molar-refractivity contribution in [1.82, 2.24) is 4.57 Å². The van der Waals surface area contributed by atoms with Crippen LogP contribution in [0, 0.1) is 0 Å². The number of carbonyl (C=O) groups excluding carboxylic acids is 1. The summed E-state index contributed by atoms with van der Waals surface area (Å²) in [5.74, 6) is 0. The number of ether oxygens (including phenoxy) is 1. The van der Waals surface area contributed by atoms with Gasteiger partial charge < -0.3 is 9.30 Å². The number of benzene rings is 2. The molecule has 4 heteroatoms. The number of aromatic nitrogens is 1. The fraction of sp³-hybridized carbons (Fsp3) is 0.188. The van der Waals surface area contributed by atoms with E-state index in [9.17, 15) is 9.18 Å². The van der Waals surface area contributed by atoms with Crippen LogP contribution in [-0.4, -0.2) is 11.0 Å². The summed E-state index contributed by atoms with van der Waals surface area (Å²) >= 11 is 0. The van der Waals surface area contributed by atoms with E-state index in [1.165, 1.54) is 0 Å². The number of alkyl halides is 1. The highest BCUT2D eigenvalue weighted by molar-refractivity contribution is 6.08. The second-order valence-electron chi connectivity index (χ2n) is 4.59. The molecule has 3 rings (SSSR count). The minimum atomic E-state index is -1.72. The van der Waals surface area contributed by atoms with E-state index in [1.807, 2.05) is 30.3 Å². The van der Waals surface area contributed by atoms with Crippen LogP contribution < -0.4 is 0 Å². The Bertz CT molecular complexity index is 779. The van der Waals surface area contributed by atoms with Crippen molar-refractivity contribution in [2.24, 2.45) is 0 Å². The predicted octanol–water partition coefficient (Wildman–Crippen LogP) is 3.96. The van der Waals surface area contributed by atoms with E-state index < -0.39 is 6.36 Å². The molecule has 3 aromatic rings. The molecule has 0 bridgehead atoms. The number of carbonyl (C=O) groups is 1. The van der Waals surface area contributed by atoms with Crippen LogP contribution in [0.15, 0.2) is 42.5 Å². The first-order valence-corrected chi connectivity index (χ1v) is 6.50. The van der Waals surface area contributed by atoms with Gasteiger partial charge in [0, 0.05) is 33.9 Å². The van der Waals surface area contributed by atoms with Gasteiger partial charge in [0.15, 0.2) is 0 Å². The number of fused-ring (bicyclic) bond motifs is 3. The Balaban J connectivity index is 2.28. The van der Waals surface area contributed by atoms with Gasteiger partial charge in [-0.05, 0) is 25.1 Å². The fourth-order valence-electron chi connectivity index (χ4n) is 2.68. The van der Waals surface area contributed by atoms with Crippen molar-refractivity contribution in [2.75, 3.05) is 0 Å². The molecule has 0 amide bonds. The molecule has 0 aliphatic heterocycles. The van der Waals surface area contributed by atoms with Crippen molar-refractivity contribution >= 4 is 28.3 Å². The molecule has 1 unspecified atom stereocenters. The summed E-state index contributed by atoms with van der Waals surface area (Å²) in [4.78, 5) is 10.2. The molecule has 0 radical (unpaired) electrons. The fourth-order valence-corrected chi connectivity index (χ4v) is 2.68. The molecule has 0 aliphatic carbocycles. The molecule has 102 valence electrons. The van der Waals surface area contributed by atoms with Crippen molar-refractivity contribution < 1.29 is 13.9 Å². The van der Waals surface area contributed by atoms with Gasteiger partial charge in [0.25, 0.3) is 12.8 Å². The largest absolute Gasteiger partial charge is 0.429 e. The SMILES string of the molecule is CCn1c2ccccc2c2cc(C(F)OC=O)ccc21. The van der Waals surface area contributed by atoms with Crippen LogP contribution in [0.1, 0.15) is 18.8 Å². The second-order valence-corrected chi connectivity index (χ2v) is 4.59. The van der Waals surface area contributed by atoms with Crippen LogP contribution in [0.5, 0.6) is 0 Å². The Morgan fingerprint density at radius 1 is 1.20 bits per heavy atom. The van der Waals surface area contributed by atoms with E-state index in [4.69, 9.17) is 0 Å². The Labute approximate surface area is 115 Å². The third-order valence-corrected chi connectivity index (χ3v) is 3.55. The lowest BCUT2D eigenvalue weighted by atomic mass is 10.1. The Hall–Kier alpha value is -2.36. The van der Waals surface area contributed by atoms with Gasteiger partial charge in [0.2, 0.25) is 0 Å². The Morgan fingerprint density at radius 2 is 1.95 bits per heavy atom. The molecule has 1 atom stereocenters. The van der Waals surface area contributed by atoms with Gasteiger partial charge in [-0.25, -0.2) is 0 Å². The molecule has 0 aliphatic rings. The number of nitrogens with zero attached hydrogens (tertiary/aromatic N) is 1. The maximum Gasteiger partial charge on any atom is 0.295 e. The topological polar surface area (TPSA) is 31.2 Å². The van der Waals surface area contributed by atoms with E-state index >= 15 is 0 Å². The minimum Gasteiger partial charge on any atom is -0.429 e. The van der Waals surface area contributed by atoms with E-state index in [2.05, 4.69) is 16.2 Å². The number of halogens is 1. The normalized spacial score (nSPS) is 12.7. The lowest BCUT2D eigenvalue weighted by Crippen LogP contribution is -1.97. The quantitative estimate of drug-likeness (QED) is 0.673. The zero-order valence-corrected chi connectivity index (χ0v) is 11.0. The first-order chi connectivity index (χ1) is 9.76. The molecule has 1 aromatic heterocycles. The summed E-state index contributed by atoms with van der Waals surface area (Å²) in [5, 5.41) is 2.04. The summed E-state index contributed by atoms with van der Waals surface area (Å²) < 4.78 is 20.2. The number of hydrogen-bond donors (Lipinski definition) is 0. The molecule has 20 heavy (non-hydrogen) atoms. The Morgan fingerprint density at radius 3 is 2.70 bits per heavy atom. The van der Waals surface area contributed by atoms with E-state index in [0.717, 1.165) is 28.4 Å². The van der Waals surface area contributed by atoms with Crippen LogP contribution in [0.3, 0.4) is 0 Å². The van der Waals surface area contributed by atoms with Crippen LogP contribution in [0.4, 0.5) is 4.39 Å². The molecule has 0 N–H and O–H groups in total. The molecule has 0 saturated heterocycles. The minimum absolute atomic E-state index is 0.129. The monoisotopic (exact) mass is 271 g/mol. The maximum absolute atomic E-state index is 13.7. The summed E-state index contributed by atoms with van der Waals surface area (Å²) in [5.41, 5.74) is 2.52. The van der Waals surface area contributed by atoms with Crippen molar-refractivity contribution in [3.8, 4) is 0 Å². The number of aryl methyl sites for hydroxylation is 1. The van der Waals surface area contributed by atoms with Gasteiger partial charge in [-0.2, -0.15) is 4.39 Å². The Kier molecular flexibility index (Phi) is 3.14. The van der Waals surface area contributed by atoms with Crippen molar-refractivity contribution in [1.29, 1.82) is 0 Å². The summed E-state index contributed by atoms with van der Waals surface area (Å²) in [7, 11) is 0. The van der Waals surface area contributed by atoms with Crippen molar-refractivity contribution in [2.45, 2.75) is 19.8 Å². The smallest absolute Gasteiger partial charge is 0.295 e. The molecule has 0 fully saturated rings. The van der Waals surface area contributed by atoms with Gasteiger partial charge in [-0.3, -0.25) is 4.79 Å². The first-order valence-electron chi connectivity index (χ1n) is 6.50. The second kappa shape index (κ2) is 4.96. The third-order valence-electron chi connectivity index (χ3n) is 3.55. The van der Waals surface area contributed by atoms with E-state index in [0.29, 0.717) is 5.56 Å². The lowest BCUT2D eigenvalue weighted by Gasteiger charge is -2.07. The van der Waals surface area contributed by atoms with E-state index in [1.54, 1.807) is 12.1 Å². The highest BCUT2D eigenvalue weighted by atomic mass is 19.1. The highest BCUT2D eigenvalue weighted by Gasteiger charge is 2.14. The number of hydrogen-bond acceptors (Lipinski definition) is 2.